The number of furan rings is 1. The van der Waals surface area contributed by atoms with Crippen LogP contribution < -0.4 is 0 Å². The molecule has 5 heteroatoms. The maximum Gasteiger partial charge on any atom is 0.164 e. The predicted molar refractivity (Wildman–Crippen MR) is 258 cm³/mol. The van der Waals surface area contributed by atoms with Crippen LogP contribution in [0.5, 0.6) is 0 Å². The van der Waals surface area contributed by atoms with Gasteiger partial charge in [-0.05, 0) is 69.8 Å². The average Bonchev–Trinajstić information content (AvgIpc) is 3.75. The first-order chi connectivity index (χ1) is 31.2. The minimum absolute atomic E-state index is 0.638. The molecule has 12 rings (SSSR count). The lowest BCUT2D eigenvalue weighted by molar-refractivity contribution is 0.669. The van der Waals surface area contributed by atoms with E-state index in [1.54, 1.807) is 0 Å². The molecule has 294 valence electrons. The van der Waals surface area contributed by atoms with Gasteiger partial charge in [0, 0.05) is 49.2 Å². The van der Waals surface area contributed by atoms with Crippen LogP contribution in [-0.2, 0) is 0 Å². The molecule has 3 heterocycles. The highest BCUT2D eigenvalue weighted by Gasteiger charge is 2.18. The molecule has 0 aliphatic rings. The number of hydrogen-bond donors (Lipinski definition) is 0. The Balaban J connectivity index is 0.866. The quantitative estimate of drug-likeness (QED) is 0.150. The largest absolute Gasteiger partial charge is 0.456 e. The van der Waals surface area contributed by atoms with Crippen LogP contribution in [0, 0.1) is 0 Å². The van der Waals surface area contributed by atoms with Crippen molar-refractivity contribution in [3.05, 3.63) is 218 Å². The summed E-state index contributed by atoms with van der Waals surface area (Å²) in [6.45, 7) is 0. The molecular formula is C58H36N4O. The Bertz CT molecular complexity index is 3580. The van der Waals surface area contributed by atoms with Crippen molar-refractivity contribution in [2.45, 2.75) is 0 Å². The van der Waals surface area contributed by atoms with Gasteiger partial charge in [0.15, 0.2) is 17.5 Å². The lowest BCUT2D eigenvalue weighted by Gasteiger charge is -2.11. The van der Waals surface area contributed by atoms with Crippen molar-refractivity contribution in [2.75, 3.05) is 0 Å². The second-order valence-electron chi connectivity index (χ2n) is 15.8. The van der Waals surface area contributed by atoms with Crippen molar-refractivity contribution in [1.82, 2.24) is 19.9 Å². The van der Waals surface area contributed by atoms with E-state index in [0.717, 1.165) is 105 Å². The molecule has 0 aliphatic carbocycles. The van der Waals surface area contributed by atoms with Gasteiger partial charge >= 0.3 is 0 Å². The summed E-state index contributed by atoms with van der Waals surface area (Å²) in [7, 11) is 0. The van der Waals surface area contributed by atoms with Crippen molar-refractivity contribution in [1.29, 1.82) is 0 Å². The van der Waals surface area contributed by atoms with E-state index in [9.17, 15) is 0 Å². The van der Waals surface area contributed by atoms with Gasteiger partial charge in [0.25, 0.3) is 0 Å². The number of para-hydroxylation sites is 1. The summed E-state index contributed by atoms with van der Waals surface area (Å²) in [5, 5.41) is 5.60. The van der Waals surface area contributed by atoms with E-state index in [0.29, 0.717) is 17.5 Å². The smallest absolute Gasteiger partial charge is 0.164 e. The van der Waals surface area contributed by atoms with E-state index in [1.807, 2.05) is 66.7 Å². The van der Waals surface area contributed by atoms with E-state index in [-0.39, 0.29) is 0 Å². The molecule has 0 bridgehead atoms. The van der Waals surface area contributed by atoms with Crippen molar-refractivity contribution in [3.8, 4) is 78.8 Å². The highest BCUT2D eigenvalue weighted by Crippen LogP contribution is 2.42. The van der Waals surface area contributed by atoms with E-state index < -0.39 is 0 Å². The van der Waals surface area contributed by atoms with E-state index in [2.05, 4.69) is 152 Å². The van der Waals surface area contributed by atoms with Gasteiger partial charge in [0.1, 0.15) is 11.2 Å². The number of benzene rings is 9. The van der Waals surface area contributed by atoms with E-state index >= 15 is 0 Å². The lowest BCUT2D eigenvalue weighted by atomic mass is 9.94. The molecular weight excluding hydrogens is 769 g/mol. The predicted octanol–water partition coefficient (Wildman–Crippen LogP) is 15.1. The number of pyridine rings is 1. The van der Waals surface area contributed by atoms with Crippen molar-refractivity contribution >= 4 is 43.6 Å². The fraction of sp³-hybridized carbons (Fsp3) is 0. The molecule has 63 heavy (non-hydrogen) atoms. The van der Waals surface area contributed by atoms with Gasteiger partial charge in [-0.2, -0.15) is 0 Å². The van der Waals surface area contributed by atoms with Gasteiger partial charge in [0.2, 0.25) is 0 Å². The molecule has 12 aromatic rings. The second kappa shape index (κ2) is 15.2. The van der Waals surface area contributed by atoms with Gasteiger partial charge in [0.05, 0.1) is 11.2 Å². The third-order valence-corrected chi connectivity index (χ3v) is 11.9. The Morgan fingerprint density at radius 1 is 0.254 bits per heavy atom. The Kier molecular flexibility index (Phi) is 8.75. The van der Waals surface area contributed by atoms with E-state index in [1.165, 1.54) is 0 Å². The highest BCUT2D eigenvalue weighted by atomic mass is 16.3. The monoisotopic (exact) mass is 804 g/mol. The average molecular weight is 805 g/mol. The first-order valence-corrected chi connectivity index (χ1v) is 21.1. The van der Waals surface area contributed by atoms with Gasteiger partial charge in [-0.15, -0.1) is 0 Å². The topological polar surface area (TPSA) is 64.7 Å². The lowest BCUT2D eigenvalue weighted by Crippen LogP contribution is -2.00. The molecule has 0 saturated heterocycles. The van der Waals surface area contributed by atoms with E-state index in [4.69, 9.17) is 24.4 Å². The Morgan fingerprint density at radius 2 is 0.698 bits per heavy atom. The third kappa shape index (κ3) is 6.60. The highest BCUT2D eigenvalue weighted by molar-refractivity contribution is 6.28. The van der Waals surface area contributed by atoms with Gasteiger partial charge < -0.3 is 4.42 Å². The fourth-order valence-corrected chi connectivity index (χ4v) is 8.79. The number of fused-ring (bicyclic) bond motifs is 7. The molecule has 0 unspecified atom stereocenters. The molecule has 0 amide bonds. The zero-order valence-corrected chi connectivity index (χ0v) is 34.0. The van der Waals surface area contributed by atoms with Crippen LogP contribution in [0.3, 0.4) is 0 Å². The maximum atomic E-state index is 6.51. The standard InChI is InChI=1S/C58H36N4O/c1-4-13-40(14-5-1)55-48-32-34-52-54(53(48)47-21-10-11-22-50(47)59-55)49-36-46(31-33-51(49)63-52)39-25-23-37(24-26-39)44-19-12-20-45(35-44)38-27-29-43(30-28-38)58-61-56(41-15-6-2-7-16-41)60-57(62-58)42-17-8-3-9-18-42/h1-36H. The van der Waals surface area contributed by atoms with Crippen LogP contribution >= 0.6 is 0 Å². The van der Waals surface area contributed by atoms with Gasteiger partial charge in [-0.3, -0.25) is 0 Å². The van der Waals surface area contributed by atoms with Crippen LogP contribution in [0.4, 0.5) is 0 Å². The first kappa shape index (κ1) is 36.3. The molecule has 3 aromatic heterocycles. The SMILES string of the molecule is c1ccc(-c2nc(-c3ccccc3)nc(-c3ccc(-c4cccc(-c5ccc(-c6ccc7oc8ccc9c(-c%10ccccc%10)nc%10ccccc%10c9c8c7c6)cc5)c4)cc3)n2)cc1. The van der Waals surface area contributed by atoms with Crippen LogP contribution in [0.1, 0.15) is 0 Å². The van der Waals surface area contributed by atoms with Crippen LogP contribution in [0.15, 0.2) is 223 Å². The molecule has 0 radical (unpaired) electrons. The molecule has 0 spiro atoms. The summed E-state index contributed by atoms with van der Waals surface area (Å²) in [6, 6.07) is 75.8. The van der Waals surface area contributed by atoms with Crippen LogP contribution in [0.25, 0.3) is 122 Å². The van der Waals surface area contributed by atoms with Crippen LogP contribution in [-0.4, -0.2) is 19.9 Å². The molecule has 0 aliphatic heterocycles. The summed E-state index contributed by atoms with van der Waals surface area (Å²) in [5.74, 6) is 1.94. The summed E-state index contributed by atoms with van der Waals surface area (Å²) in [6.07, 6.45) is 0. The molecule has 5 nitrogen and oxygen atoms in total. The van der Waals surface area contributed by atoms with Crippen molar-refractivity contribution in [2.24, 2.45) is 0 Å². The minimum atomic E-state index is 0.638. The number of rotatable bonds is 7. The van der Waals surface area contributed by atoms with Crippen LogP contribution in [0.2, 0.25) is 0 Å². The number of hydrogen-bond acceptors (Lipinski definition) is 5. The normalized spacial score (nSPS) is 11.5. The summed E-state index contributed by atoms with van der Waals surface area (Å²) in [4.78, 5) is 19.8. The first-order valence-electron chi connectivity index (χ1n) is 21.1. The van der Waals surface area contributed by atoms with Crippen molar-refractivity contribution in [3.63, 3.8) is 0 Å². The summed E-state index contributed by atoms with van der Waals surface area (Å²) < 4.78 is 6.51. The Labute approximate surface area is 363 Å². The fourth-order valence-electron chi connectivity index (χ4n) is 8.79. The van der Waals surface area contributed by atoms with Crippen molar-refractivity contribution < 1.29 is 4.42 Å². The minimum Gasteiger partial charge on any atom is -0.456 e. The molecule has 0 fully saturated rings. The van der Waals surface area contributed by atoms with Gasteiger partial charge in [-0.1, -0.05) is 182 Å². The second-order valence-corrected chi connectivity index (χ2v) is 15.8. The molecule has 0 saturated carbocycles. The summed E-state index contributed by atoms with van der Waals surface area (Å²) in [5.41, 5.74) is 14.4. The Hall–Kier alpha value is -8.54. The molecule has 0 atom stereocenters. The Morgan fingerprint density at radius 3 is 1.29 bits per heavy atom. The third-order valence-electron chi connectivity index (χ3n) is 11.9. The zero-order chi connectivity index (χ0) is 41.7. The molecule has 9 aromatic carbocycles. The maximum absolute atomic E-state index is 6.51. The molecule has 0 N–H and O–H groups in total. The number of aromatic nitrogens is 4. The zero-order valence-electron chi connectivity index (χ0n) is 34.0. The van der Waals surface area contributed by atoms with Gasteiger partial charge in [-0.25, -0.2) is 19.9 Å². The number of nitrogens with zero attached hydrogens (tertiary/aromatic N) is 4. The summed E-state index contributed by atoms with van der Waals surface area (Å²) >= 11 is 0.